The van der Waals surface area contributed by atoms with Crippen molar-refractivity contribution in [2.24, 2.45) is 5.11 Å². The Kier molecular flexibility index (Phi) is 5.20. The third-order valence-electron chi connectivity index (χ3n) is 2.04. The monoisotopic (exact) mass is 252 g/mol. The van der Waals surface area contributed by atoms with Crippen LogP contribution in [0.25, 0.3) is 10.4 Å². The van der Waals surface area contributed by atoms with Gasteiger partial charge in [-0.05, 0) is 18.4 Å². The molecule has 0 fully saturated rings. The van der Waals surface area contributed by atoms with Gasteiger partial charge in [-0.1, -0.05) is 5.11 Å². The number of hydrogen-bond acceptors (Lipinski definition) is 4. The summed E-state index contributed by atoms with van der Waals surface area (Å²) in [4.78, 5) is 40.2. The molecular formula is C9H12N6O3. The number of aromatic amines is 2. The molecular weight excluding hydrogens is 240 g/mol. The standard InChI is InChI=1S/C9H12N6O3/c10-15-12-4-2-1-3-11-8(17)6-5-7(16)14-9(18)13-6/h5H,1-4H2,(H,11,17)(H2,13,14,16,18). The van der Waals surface area contributed by atoms with Gasteiger partial charge in [0.05, 0.1) is 0 Å². The molecule has 96 valence electrons. The molecule has 18 heavy (non-hydrogen) atoms. The Hall–Kier alpha value is -2.54. The third-order valence-corrected chi connectivity index (χ3v) is 2.04. The molecule has 0 radical (unpaired) electrons. The molecule has 9 heteroatoms. The molecule has 0 atom stereocenters. The minimum absolute atomic E-state index is 0.0844. The molecule has 0 bridgehead atoms. The largest absolute Gasteiger partial charge is 0.351 e. The van der Waals surface area contributed by atoms with Crippen molar-refractivity contribution in [1.82, 2.24) is 15.3 Å². The average molecular weight is 252 g/mol. The summed E-state index contributed by atoms with van der Waals surface area (Å²) in [5, 5.41) is 5.88. The van der Waals surface area contributed by atoms with Gasteiger partial charge in [0.15, 0.2) is 0 Å². The average Bonchev–Trinajstić information content (AvgIpc) is 2.32. The van der Waals surface area contributed by atoms with E-state index >= 15 is 0 Å². The predicted molar refractivity (Wildman–Crippen MR) is 63.3 cm³/mol. The van der Waals surface area contributed by atoms with Crippen LogP contribution in [0.2, 0.25) is 0 Å². The molecule has 0 spiro atoms. The highest BCUT2D eigenvalue weighted by molar-refractivity contribution is 5.91. The molecule has 1 amide bonds. The normalized spacial score (nSPS) is 9.56. The van der Waals surface area contributed by atoms with Gasteiger partial charge in [0, 0.05) is 24.1 Å². The Bertz CT molecular complexity index is 540. The zero-order chi connectivity index (χ0) is 13.4. The smallest absolute Gasteiger partial charge is 0.326 e. The summed E-state index contributed by atoms with van der Waals surface area (Å²) < 4.78 is 0. The molecule has 1 heterocycles. The summed E-state index contributed by atoms with van der Waals surface area (Å²) in [7, 11) is 0. The van der Waals surface area contributed by atoms with E-state index < -0.39 is 17.2 Å². The molecule has 9 nitrogen and oxygen atoms in total. The van der Waals surface area contributed by atoms with E-state index in [1.807, 2.05) is 4.98 Å². The summed E-state index contributed by atoms with van der Waals surface area (Å²) >= 11 is 0. The lowest BCUT2D eigenvalue weighted by Gasteiger charge is -2.03. The number of rotatable bonds is 6. The van der Waals surface area contributed by atoms with Gasteiger partial charge in [-0.2, -0.15) is 0 Å². The van der Waals surface area contributed by atoms with Crippen molar-refractivity contribution in [2.45, 2.75) is 12.8 Å². The van der Waals surface area contributed by atoms with E-state index in [0.29, 0.717) is 25.9 Å². The number of unbranched alkanes of at least 4 members (excludes halogenated alkanes) is 1. The van der Waals surface area contributed by atoms with E-state index in [2.05, 4.69) is 20.3 Å². The van der Waals surface area contributed by atoms with E-state index in [0.717, 1.165) is 6.07 Å². The summed E-state index contributed by atoms with van der Waals surface area (Å²) in [6, 6.07) is 1.01. The van der Waals surface area contributed by atoms with E-state index in [-0.39, 0.29) is 5.69 Å². The summed E-state index contributed by atoms with van der Waals surface area (Å²) in [5.74, 6) is -0.526. The maximum Gasteiger partial charge on any atom is 0.326 e. The molecule has 0 aromatic carbocycles. The van der Waals surface area contributed by atoms with Gasteiger partial charge in [0.2, 0.25) is 0 Å². The number of carbonyl (C=O) groups is 1. The Morgan fingerprint density at radius 2 is 2.17 bits per heavy atom. The first kappa shape index (κ1) is 13.5. The summed E-state index contributed by atoms with van der Waals surface area (Å²) in [5.41, 5.74) is 6.59. The van der Waals surface area contributed by atoms with Crippen molar-refractivity contribution in [3.05, 3.63) is 43.0 Å². The molecule has 1 rings (SSSR count). The van der Waals surface area contributed by atoms with E-state index in [4.69, 9.17) is 5.53 Å². The second-order valence-corrected chi connectivity index (χ2v) is 3.42. The fourth-order valence-corrected chi connectivity index (χ4v) is 1.24. The highest BCUT2D eigenvalue weighted by Crippen LogP contribution is 1.90. The second-order valence-electron chi connectivity index (χ2n) is 3.42. The van der Waals surface area contributed by atoms with Gasteiger partial charge < -0.3 is 10.3 Å². The van der Waals surface area contributed by atoms with Crippen molar-refractivity contribution in [2.75, 3.05) is 13.1 Å². The highest BCUT2D eigenvalue weighted by Gasteiger charge is 2.06. The quantitative estimate of drug-likeness (QED) is 0.281. The van der Waals surface area contributed by atoms with Crippen LogP contribution in [0.3, 0.4) is 0 Å². The predicted octanol–water partition coefficient (Wildman–Crippen LogP) is -0.117. The van der Waals surface area contributed by atoms with Gasteiger partial charge in [0.1, 0.15) is 5.69 Å². The fraction of sp³-hybridized carbons (Fsp3) is 0.444. The van der Waals surface area contributed by atoms with Crippen molar-refractivity contribution in [1.29, 1.82) is 0 Å². The second kappa shape index (κ2) is 6.92. The first-order valence-corrected chi connectivity index (χ1v) is 5.26. The molecule has 0 aliphatic rings. The zero-order valence-corrected chi connectivity index (χ0v) is 9.47. The number of carbonyl (C=O) groups excluding carboxylic acids is 1. The van der Waals surface area contributed by atoms with Crippen LogP contribution in [0.4, 0.5) is 0 Å². The number of azide groups is 1. The lowest BCUT2D eigenvalue weighted by Crippen LogP contribution is -2.31. The lowest BCUT2D eigenvalue weighted by atomic mass is 10.3. The fourth-order valence-electron chi connectivity index (χ4n) is 1.24. The third kappa shape index (κ3) is 4.54. The first-order chi connectivity index (χ1) is 8.63. The number of H-pyrrole nitrogens is 2. The molecule has 0 aliphatic carbocycles. The Morgan fingerprint density at radius 3 is 2.83 bits per heavy atom. The van der Waals surface area contributed by atoms with E-state index in [1.54, 1.807) is 0 Å². The van der Waals surface area contributed by atoms with Gasteiger partial charge >= 0.3 is 5.69 Å². The maximum absolute atomic E-state index is 11.5. The van der Waals surface area contributed by atoms with Crippen LogP contribution in [-0.4, -0.2) is 29.0 Å². The van der Waals surface area contributed by atoms with Crippen LogP contribution in [0.5, 0.6) is 0 Å². The highest BCUT2D eigenvalue weighted by atomic mass is 16.2. The van der Waals surface area contributed by atoms with Crippen LogP contribution in [-0.2, 0) is 0 Å². The molecule has 0 unspecified atom stereocenters. The van der Waals surface area contributed by atoms with Crippen LogP contribution >= 0.6 is 0 Å². The van der Waals surface area contributed by atoms with Crippen molar-refractivity contribution >= 4 is 5.91 Å². The summed E-state index contributed by atoms with van der Waals surface area (Å²) in [6.45, 7) is 0.739. The number of nitrogens with zero attached hydrogens (tertiary/aromatic N) is 3. The molecule has 0 aliphatic heterocycles. The van der Waals surface area contributed by atoms with Crippen LogP contribution < -0.4 is 16.6 Å². The Morgan fingerprint density at radius 1 is 1.39 bits per heavy atom. The van der Waals surface area contributed by atoms with Gasteiger partial charge in [-0.25, -0.2) is 4.79 Å². The molecule has 1 aromatic heterocycles. The van der Waals surface area contributed by atoms with Crippen LogP contribution in [0.15, 0.2) is 20.8 Å². The number of nitrogens with one attached hydrogen (secondary N) is 3. The van der Waals surface area contributed by atoms with Gasteiger partial charge in [-0.15, -0.1) is 0 Å². The lowest BCUT2D eigenvalue weighted by molar-refractivity contribution is 0.0947. The number of hydrogen-bond donors (Lipinski definition) is 3. The summed E-state index contributed by atoms with van der Waals surface area (Å²) in [6.07, 6.45) is 1.29. The number of aromatic nitrogens is 2. The number of amides is 1. The topological polar surface area (TPSA) is 144 Å². The zero-order valence-electron chi connectivity index (χ0n) is 9.47. The van der Waals surface area contributed by atoms with Crippen molar-refractivity contribution in [3.8, 4) is 0 Å². The minimum Gasteiger partial charge on any atom is -0.351 e. The minimum atomic E-state index is -0.726. The molecule has 1 aromatic rings. The first-order valence-electron chi connectivity index (χ1n) is 5.26. The molecule has 0 saturated heterocycles. The Labute approximate surface area is 101 Å². The maximum atomic E-state index is 11.5. The van der Waals surface area contributed by atoms with E-state index in [1.165, 1.54) is 0 Å². The molecule has 3 N–H and O–H groups in total. The molecule has 0 saturated carbocycles. The van der Waals surface area contributed by atoms with Gasteiger partial charge in [0.25, 0.3) is 11.5 Å². The van der Waals surface area contributed by atoms with Crippen molar-refractivity contribution in [3.63, 3.8) is 0 Å². The van der Waals surface area contributed by atoms with Crippen molar-refractivity contribution < 1.29 is 4.79 Å². The van der Waals surface area contributed by atoms with Crippen LogP contribution in [0, 0.1) is 0 Å². The SMILES string of the molecule is [N-]=[N+]=NCCCCNC(=O)c1cc(=O)[nH]c(=O)[nH]1. The van der Waals surface area contributed by atoms with Gasteiger partial charge in [-0.3, -0.25) is 14.6 Å². The van der Waals surface area contributed by atoms with E-state index in [9.17, 15) is 14.4 Å². The van der Waals surface area contributed by atoms with Crippen LogP contribution in [0.1, 0.15) is 23.3 Å². The Balaban J connectivity index is 2.43.